The van der Waals surface area contributed by atoms with E-state index in [-0.39, 0.29) is 0 Å². The minimum absolute atomic E-state index is 0.413. The van der Waals surface area contributed by atoms with E-state index in [1.807, 2.05) is 0 Å². The predicted molar refractivity (Wildman–Crippen MR) is 74.6 cm³/mol. The molecule has 0 bridgehead atoms. The lowest BCUT2D eigenvalue weighted by molar-refractivity contribution is 0.705. The summed E-state index contributed by atoms with van der Waals surface area (Å²) in [5, 5.41) is 3.40. The van der Waals surface area contributed by atoms with E-state index < -0.39 is 0 Å². The Labute approximate surface area is 108 Å². The van der Waals surface area contributed by atoms with Gasteiger partial charge in [-0.15, -0.1) is 0 Å². The largest absolute Gasteiger partial charge is 0.380 e. The maximum Gasteiger partial charge on any atom is 0.115 e. The van der Waals surface area contributed by atoms with Gasteiger partial charge in [-0.2, -0.15) is 0 Å². The van der Waals surface area contributed by atoms with Crippen molar-refractivity contribution in [3.63, 3.8) is 0 Å². The van der Waals surface area contributed by atoms with Crippen molar-refractivity contribution in [3.05, 3.63) is 54.1 Å². The highest BCUT2D eigenvalue weighted by Crippen LogP contribution is 2.11. The molecule has 0 radical (unpaired) electrons. The number of benzene rings is 1. The molecule has 0 spiro atoms. The summed E-state index contributed by atoms with van der Waals surface area (Å²) >= 11 is 0. The molecule has 0 aliphatic carbocycles. The fourth-order valence-electron chi connectivity index (χ4n) is 1.98. The highest BCUT2D eigenvalue weighted by Gasteiger charge is 2.03. The van der Waals surface area contributed by atoms with Crippen LogP contribution in [0.2, 0.25) is 0 Å². The summed E-state index contributed by atoms with van der Waals surface area (Å²) in [6.45, 7) is 4.31. The molecule has 0 saturated heterocycles. The molecule has 2 rings (SSSR count). The van der Waals surface area contributed by atoms with Crippen molar-refractivity contribution in [3.8, 4) is 0 Å². The third kappa shape index (κ3) is 3.84. The second kappa shape index (κ2) is 6.15. The molecule has 1 unspecified atom stereocenters. The van der Waals surface area contributed by atoms with Crippen molar-refractivity contribution >= 4 is 5.69 Å². The fraction of sp³-hybridized carbons (Fsp3) is 0.333. The summed E-state index contributed by atoms with van der Waals surface area (Å²) in [4.78, 5) is 7.99. The second-order valence-electron chi connectivity index (χ2n) is 4.70. The molecule has 1 aromatic heterocycles. The fourth-order valence-corrected chi connectivity index (χ4v) is 1.98. The first-order valence-electron chi connectivity index (χ1n) is 6.31. The quantitative estimate of drug-likeness (QED) is 0.873. The molecule has 1 heterocycles. The third-order valence-electron chi connectivity index (χ3n) is 2.92. The van der Waals surface area contributed by atoms with Gasteiger partial charge in [0.05, 0.1) is 18.1 Å². The smallest absolute Gasteiger partial charge is 0.115 e. The van der Waals surface area contributed by atoms with Gasteiger partial charge in [0.15, 0.2) is 0 Å². The molecular formula is C15H19N3. The molecule has 0 aliphatic rings. The topological polar surface area (TPSA) is 37.8 Å². The molecule has 1 atom stereocenters. The summed E-state index contributed by atoms with van der Waals surface area (Å²) in [5.74, 6) is 0. The zero-order valence-electron chi connectivity index (χ0n) is 10.9. The van der Waals surface area contributed by atoms with Gasteiger partial charge in [-0.3, -0.25) is 0 Å². The van der Waals surface area contributed by atoms with Crippen LogP contribution in [0.25, 0.3) is 0 Å². The van der Waals surface area contributed by atoms with Crippen molar-refractivity contribution in [2.24, 2.45) is 0 Å². The van der Waals surface area contributed by atoms with Crippen LogP contribution in [0.3, 0.4) is 0 Å². The number of aromatic nitrogens is 2. The Kier molecular flexibility index (Phi) is 4.29. The molecule has 0 fully saturated rings. The minimum atomic E-state index is 0.413. The molecule has 3 nitrogen and oxygen atoms in total. The standard InChI is InChI=1S/C15H19N3/c1-12-4-3-5-14(8-12)7-6-13(2)18-15-9-16-11-17-10-15/h3-5,8-11,13,18H,6-7H2,1-2H3. The Balaban J connectivity index is 1.83. The van der Waals surface area contributed by atoms with Gasteiger partial charge in [-0.1, -0.05) is 29.8 Å². The van der Waals surface area contributed by atoms with Crippen LogP contribution in [0.15, 0.2) is 43.0 Å². The van der Waals surface area contributed by atoms with Gasteiger partial charge >= 0.3 is 0 Å². The van der Waals surface area contributed by atoms with E-state index in [2.05, 4.69) is 53.4 Å². The highest BCUT2D eigenvalue weighted by molar-refractivity contribution is 5.38. The van der Waals surface area contributed by atoms with Gasteiger partial charge < -0.3 is 5.32 Å². The predicted octanol–water partition coefficient (Wildman–Crippen LogP) is 3.22. The van der Waals surface area contributed by atoms with Crippen LogP contribution in [0, 0.1) is 6.92 Å². The van der Waals surface area contributed by atoms with E-state index in [1.54, 1.807) is 18.7 Å². The van der Waals surface area contributed by atoms with E-state index in [0.29, 0.717) is 6.04 Å². The Morgan fingerprint density at radius 1 is 1.22 bits per heavy atom. The number of rotatable bonds is 5. The summed E-state index contributed by atoms with van der Waals surface area (Å²) in [5.41, 5.74) is 3.70. The maximum atomic E-state index is 3.99. The molecule has 2 aromatic rings. The van der Waals surface area contributed by atoms with Crippen LogP contribution in [0.5, 0.6) is 0 Å². The number of anilines is 1. The molecule has 18 heavy (non-hydrogen) atoms. The average molecular weight is 241 g/mol. The number of aryl methyl sites for hydroxylation is 2. The van der Waals surface area contributed by atoms with Gasteiger partial charge in [0.1, 0.15) is 6.33 Å². The van der Waals surface area contributed by atoms with E-state index in [0.717, 1.165) is 18.5 Å². The number of nitrogens with one attached hydrogen (secondary N) is 1. The highest BCUT2D eigenvalue weighted by atomic mass is 14.9. The molecule has 0 saturated carbocycles. The lowest BCUT2D eigenvalue weighted by atomic mass is 10.0. The van der Waals surface area contributed by atoms with Crippen LogP contribution < -0.4 is 5.32 Å². The first kappa shape index (κ1) is 12.6. The van der Waals surface area contributed by atoms with Gasteiger partial charge in [0.2, 0.25) is 0 Å². The van der Waals surface area contributed by atoms with Gasteiger partial charge in [0.25, 0.3) is 0 Å². The van der Waals surface area contributed by atoms with Crippen molar-refractivity contribution in [1.82, 2.24) is 9.97 Å². The molecule has 0 aliphatic heterocycles. The monoisotopic (exact) mass is 241 g/mol. The normalized spacial score (nSPS) is 12.1. The first-order valence-corrected chi connectivity index (χ1v) is 6.31. The minimum Gasteiger partial charge on any atom is -0.380 e. The third-order valence-corrected chi connectivity index (χ3v) is 2.92. The van der Waals surface area contributed by atoms with Crippen molar-refractivity contribution in [2.75, 3.05) is 5.32 Å². The number of hydrogen-bond acceptors (Lipinski definition) is 3. The molecule has 1 aromatic carbocycles. The number of nitrogens with zero attached hydrogens (tertiary/aromatic N) is 2. The lowest BCUT2D eigenvalue weighted by Gasteiger charge is -2.14. The van der Waals surface area contributed by atoms with E-state index in [4.69, 9.17) is 0 Å². The van der Waals surface area contributed by atoms with Crippen LogP contribution in [-0.4, -0.2) is 16.0 Å². The molecule has 3 heteroatoms. The SMILES string of the molecule is Cc1cccc(CCC(C)Nc2cncnc2)c1. The summed E-state index contributed by atoms with van der Waals surface area (Å²) in [6, 6.07) is 9.10. The van der Waals surface area contributed by atoms with Crippen LogP contribution in [-0.2, 0) is 6.42 Å². The Bertz CT molecular complexity index is 482. The Morgan fingerprint density at radius 3 is 2.72 bits per heavy atom. The van der Waals surface area contributed by atoms with Crippen LogP contribution in [0.4, 0.5) is 5.69 Å². The second-order valence-corrected chi connectivity index (χ2v) is 4.70. The van der Waals surface area contributed by atoms with Gasteiger partial charge in [-0.05, 0) is 32.3 Å². The number of hydrogen-bond donors (Lipinski definition) is 1. The molecule has 1 N–H and O–H groups in total. The van der Waals surface area contributed by atoms with E-state index in [9.17, 15) is 0 Å². The first-order chi connectivity index (χ1) is 8.74. The lowest BCUT2D eigenvalue weighted by Crippen LogP contribution is -2.16. The van der Waals surface area contributed by atoms with Crippen LogP contribution >= 0.6 is 0 Å². The van der Waals surface area contributed by atoms with E-state index in [1.165, 1.54) is 11.1 Å². The van der Waals surface area contributed by atoms with Crippen LogP contribution in [0.1, 0.15) is 24.5 Å². The van der Waals surface area contributed by atoms with Gasteiger partial charge in [0, 0.05) is 6.04 Å². The van der Waals surface area contributed by atoms with Crippen molar-refractivity contribution in [2.45, 2.75) is 32.7 Å². The zero-order valence-corrected chi connectivity index (χ0v) is 10.9. The van der Waals surface area contributed by atoms with Crippen molar-refractivity contribution < 1.29 is 0 Å². The zero-order chi connectivity index (χ0) is 12.8. The summed E-state index contributed by atoms with van der Waals surface area (Å²) in [6.07, 6.45) is 7.33. The van der Waals surface area contributed by atoms with E-state index >= 15 is 0 Å². The Hall–Kier alpha value is -1.90. The molecular weight excluding hydrogens is 222 g/mol. The summed E-state index contributed by atoms with van der Waals surface area (Å²) in [7, 11) is 0. The molecule has 94 valence electrons. The molecule has 0 amide bonds. The summed E-state index contributed by atoms with van der Waals surface area (Å²) < 4.78 is 0. The van der Waals surface area contributed by atoms with Gasteiger partial charge in [-0.25, -0.2) is 9.97 Å². The average Bonchev–Trinajstić information content (AvgIpc) is 2.38. The Morgan fingerprint density at radius 2 is 2.00 bits per heavy atom. The van der Waals surface area contributed by atoms with Crippen molar-refractivity contribution in [1.29, 1.82) is 0 Å². The maximum absolute atomic E-state index is 3.99.